The maximum absolute atomic E-state index is 3.69. The molecule has 0 amide bonds. The van der Waals surface area contributed by atoms with E-state index in [1.54, 1.807) is 0 Å². The fraction of sp³-hybridized carbons (Fsp3) is 0.333. The molecule has 80 valence electrons. The van der Waals surface area contributed by atoms with Gasteiger partial charge in [-0.25, -0.2) is 0 Å². The average Bonchev–Trinajstić information content (AvgIpc) is 2.63. The highest BCUT2D eigenvalue weighted by molar-refractivity contribution is 9.10. The predicted octanol–water partition coefficient (Wildman–Crippen LogP) is 5.47. The van der Waals surface area contributed by atoms with Gasteiger partial charge in [-0.15, -0.1) is 22.7 Å². The van der Waals surface area contributed by atoms with Gasteiger partial charge < -0.3 is 0 Å². The molecule has 0 N–H and O–H groups in total. The van der Waals surface area contributed by atoms with Crippen LogP contribution < -0.4 is 0 Å². The van der Waals surface area contributed by atoms with Crippen LogP contribution in [0.1, 0.15) is 20.9 Å². The third-order valence-electron chi connectivity index (χ3n) is 2.70. The Morgan fingerprint density at radius 2 is 1.67 bits per heavy atom. The third kappa shape index (κ3) is 1.93. The van der Waals surface area contributed by atoms with Gasteiger partial charge in [0.2, 0.25) is 0 Å². The van der Waals surface area contributed by atoms with Crippen molar-refractivity contribution in [3.8, 4) is 9.75 Å². The Morgan fingerprint density at radius 1 is 1.00 bits per heavy atom. The van der Waals surface area contributed by atoms with Crippen LogP contribution in [0.5, 0.6) is 0 Å². The smallest absolute Gasteiger partial charge is 0.0590 e. The zero-order valence-electron chi connectivity index (χ0n) is 9.27. The van der Waals surface area contributed by atoms with E-state index < -0.39 is 0 Å². The molecule has 0 aromatic carbocycles. The normalized spacial score (nSPS) is 11.0. The third-order valence-corrected chi connectivity index (χ3v) is 6.50. The summed E-state index contributed by atoms with van der Waals surface area (Å²) >= 11 is 7.45. The van der Waals surface area contributed by atoms with Gasteiger partial charge in [0.25, 0.3) is 0 Å². The summed E-state index contributed by atoms with van der Waals surface area (Å²) in [4.78, 5) is 5.59. The molecule has 0 atom stereocenters. The highest BCUT2D eigenvalue weighted by Gasteiger charge is 2.14. The van der Waals surface area contributed by atoms with Gasteiger partial charge in [0, 0.05) is 19.1 Å². The molecule has 0 nitrogen and oxygen atoms in total. The Balaban J connectivity index is 2.59. The maximum Gasteiger partial charge on any atom is 0.0590 e. The molecule has 0 radical (unpaired) electrons. The van der Waals surface area contributed by atoms with E-state index in [1.165, 1.54) is 35.1 Å². The highest BCUT2D eigenvalue weighted by atomic mass is 79.9. The minimum atomic E-state index is 1.27. The lowest BCUT2D eigenvalue weighted by Crippen LogP contribution is -1.69. The number of halogens is 1. The zero-order valence-corrected chi connectivity index (χ0v) is 12.5. The monoisotopic (exact) mass is 300 g/mol. The van der Waals surface area contributed by atoms with Crippen molar-refractivity contribution in [1.82, 2.24) is 0 Å². The van der Waals surface area contributed by atoms with Crippen LogP contribution in [0.3, 0.4) is 0 Å². The van der Waals surface area contributed by atoms with E-state index in [-0.39, 0.29) is 0 Å². The summed E-state index contributed by atoms with van der Waals surface area (Å²) in [6.07, 6.45) is 0. The number of hydrogen-bond acceptors (Lipinski definition) is 2. The summed E-state index contributed by atoms with van der Waals surface area (Å²) in [7, 11) is 0. The molecule has 0 fully saturated rings. The largest absolute Gasteiger partial charge is 0.139 e. The summed E-state index contributed by atoms with van der Waals surface area (Å²) in [5, 5.41) is 0. The van der Waals surface area contributed by atoms with Gasteiger partial charge in [-0.3, -0.25) is 0 Å². The second kappa shape index (κ2) is 4.04. The van der Waals surface area contributed by atoms with E-state index >= 15 is 0 Å². The first-order chi connectivity index (χ1) is 7.00. The summed E-state index contributed by atoms with van der Waals surface area (Å²) < 4.78 is 1.27. The van der Waals surface area contributed by atoms with Crippen molar-refractivity contribution in [3.05, 3.63) is 31.4 Å². The molecule has 2 rings (SSSR count). The van der Waals surface area contributed by atoms with E-state index in [0.717, 1.165) is 0 Å². The summed E-state index contributed by atoms with van der Waals surface area (Å²) in [6.45, 7) is 8.72. The van der Waals surface area contributed by atoms with Crippen LogP contribution in [0, 0.1) is 27.7 Å². The maximum atomic E-state index is 3.69. The second-order valence-electron chi connectivity index (χ2n) is 3.78. The molecule has 0 aliphatic heterocycles. The van der Waals surface area contributed by atoms with Gasteiger partial charge in [-0.2, -0.15) is 0 Å². The Labute approximate surface area is 107 Å². The van der Waals surface area contributed by atoms with Gasteiger partial charge in [-0.1, -0.05) is 0 Å². The fourth-order valence-corrected chi connectivity index (χ4v) is 4.65. The van der Waals surface area contributed by atoms with E-state index in [4.69, 9.17) is 0 Å². The molecule has 2 aromatic heterocycles. The molecule has 2 heterocycles. The van der Waals surface area contributed by atoms with Gasteiger partial charge >= 0.3 is 0 Å². The SMILES string of the molecule is Cc1cc(-c2sc(C)c(C)c2Br)sc1C. The lowest BCUT2D eigenvalue weighted by molar-refractivity contribution is 1.42. The van der Waals surface area contributed by atoms with Crippen molar-refractivity contribution >= 4 is 38.6 Å². The van der Waals surface area contributed by atoms with Crippen molar-refractivity contribution in [1.29, 1.82) is 0 Å². The minimum Gasteiger partial charge on any atom is -0.139 e. The van der Waals surface area contributed by atoms with Crippen molar-refractivity contribution in [2.75, 3.05) is 0 Å². The number of thiophene rings is 2. The summed E-state index contributed by atoms with van der Waals surface area (Å²) in [5.41, 5.74) is 2.77. The van der Waals surface area contributed by atoms with Crippen LogP contribution in [0.15, 0.2) is 10.5 Å². The van der Waals surface area contributed by atoms with Crippen molar-refractivity contribution in [2.24, 2.45) is 0 Å². The second-order valence-corrected chi connectivity index (χ2v) is 7.05. The van der Waals surface area contributed by atoms with E-state index in [9.17, 15) is 0 Å². The van der Waals surface area contributed by atoms with Gasteiger partial charge in [0.15, 0.2) is 0 Å². The molecule has 0 aliphatic carbocycles. The van der Waals surface area contributed by atoms with E-state index in [1.807, 2.05) is 22.7 Å². The highest BCUT2D eigenvalue weighted by Crippen LogP contribution is 2.43. The first-order valence-corrected chi connectivity index (χ1v) is 7.26. The van der Waals surface area contributed by atoms with Gasteiger partial charge in [-0.05, 0) is 60.8 Å². The quantitative estimate of drug-likeness (QED) is 0.655. The van der Waals surface area contributed by atoms with Gasteiger partial charge in [0.05, 0.1) is 4.88 Å². The lowest BCUT2D eigenvalue weighted by atomic mass is 10.2. The molecule has 0 saturated heterocycles. The van der Waals surface area contributed by atoms with Crippen LogP contribution in [0.2, 0.25) is 0 Å². The average molecular weight is 301 g/mol. The minimum absolute atomic E-state index is 1.27. The molecule has 15 heavy (non-hydrogen) atoms. The predicted molar refractivity (Wildman–Crippen MR) is 74.3 cm³/mol. The number of aryl methyl sites for hydroxylation is 3. The molecule has 3 heteroatoms. The Bertz CT molecular complexity index is 486. The Kier molecular flexibility index (Phi) is 3.06. The van der Waals surface area contributed by atoms with Gasteiger partial charge in [0.1, 0.15) is 0 Å². The molecule has 2 aromatic rings. The number of rotatable bonds is 1. The van der Waals surface area contributed by atoms with E-state index in [2.05, 4.69) is 49.7 Å². The molecule has 0 saturated carbocycles. The topological polar surface area (TPSA) is 0 Å². The summed E-state index contributed by atoms with van der Waals surface area (Å²) in [6, 6.07) is 2.29. The van der Waals surface area contributed by atoms with Crippen molar-refractivity contribution < 1.29 is 0 Å². The fourth-order valence-electron chi connectivity index (χ4n) is 1.44. The van der Waals surface area contributed by atoms with Crippen LogP contribution in [-0.4, -0.2) is 0 Å². The van der Waals surface area contributed by atoms with Crippen LogP contribution in [0.25, 0.3) is 9.75 Å². The van der Waals surface area contributed by atoms with Crippen LogP contribution >= 0.6 is 38.6 Å². The molecule has 0 aliphatic rings. The summed E-state index contributed by atoms with van der Waals surface area (Å²) in [5.74, 6) is 0. The van der Waals surface area contributed by atoms with Crippen molar-refractivity contribution in [2.45, 2.75) is 27.7 Å². The van der Waals surface area contributed by atoms with Crippen molar-refractivity contribution in [3.63, 3.8) is 0 Å². The molecule has 0 spiro atoms. The molecular weight excluding hydrogens is 288 g/mol. The standard InChI is InChI=1S/C12H13BrS2/c1-6-5-10(14-8(6)3)12-11(13)7(2)9(4)15-12/h5H,1-4H3. The molecule has 0 unspecified atom stereocenters. The Morgan fingerprint density at radius 3 is 2.07 bits per heavy atom. The zero-order chi connectivity index (χ0) is 11.2. The first kappa shape index (κ1) is 11.4. The Hall–Kier alpha value is -0.120. The molecule has 0 bridgehead atoms. The first-order valence-electron chi connectivity index (χ1n) is 4.83. The van der Waals surface area contributed by atoms with Crippen LogP contribution in [-0.2, 0) is 0 Å². The van der Waals surface area contributed by atoms with Crippen LogP contribution in [0.4, 0.5) is 0 Å². The van der Waals surface area contributed by atoms with E-state index in [0.29, 0.717) is 0 Å². The molecular formula is C12H13BrS2. The number of hydrogen-bond donors (Lipinski definition) is 0. The lowest BCUT2D eigenvalue weighted by Gasteiger charge is -1.93.